The number of fused-ring (bicyclic) bond motifs is 2. The van der Waals surface area contributed by atoms with Gasteiger partial charge in [0.15, 0.2) is 0 Å². The van der Waals surface area contributed by atoms with Crippen LogP contribution in [0.3, 0.4) is 0 Å². The van der Waals surface area contributed by atoms with Crippen LogP contribution in [0.4, 0.5) is 0 Å². The van der Waals surface area contributed by atoms with Gasteiger partial charge in [-0.05, 0) is 37.0 Å². The molecule has 1 amide bonds. The van der Waals surface area contributed by atoms with E-state index >= 15 is 0 Å². The molecule has 2 aliphatic carbocycles. The van der Waals surface area contributed by atoms with Gasteiger partial charge in [-0.2, -0.15) is 0 Å². The Bertz CT molecular complexity index is 205. The van der Waals surface area contributed by atoms with Gasteiger partial charge in [0.05, 0.1) is 0 Å². The number of carbonyl (C=O) groups excluding carboxylic acids is 1. The molecule has 2 N–H and O–H groups in total. The van der Waals surface area contributed by atoms with Crippen molar-refractivity contribution in [2.75, 3.05) is 6.54 Å². The van der Waals surface area contributed by atoms with Gasteiger partial charge >= 0.3 is 0 Å². The van der Waals surface area contributed by atoms with Crippen LogP contribution < -0.4 is 10.9 Å². The molecule has 74 valence electrons. The molecule has 0 spiro atoms. The van der Waals surface area contributed by atoms with E-state index in [0.717, 1.165) is 24.3 Å². The molecule has 2 aliphatic rings. The lowest BCUT2D eigenvalue weighted by Crippen LogP contribution is -2.39. The van der Waals surface area contributed by atoms with E-state index in [1.807, 2.05) is 0 Å². The summed E-state index contributed by atoms with van der Waals surface area (Å²) in [4.78, 5) is 10.6. The minimum atomic E-state index is 0.00292. The van der Waals surface area contributed by atoms with Gasteiger partial charge in [-0.15, -0.1) is 0 Å². The fourth-order valence-electron chi connectivity index (χ4n) is 2.93. The highest BCUT2D eigenvalue weighted by atomic mass is 16.2. The maximum Gasteiger partial charge on any atom is 0.230 e. The third-order valence-electron chi connectivity index (χ3n) is 3.51. The highest BCUT2D eigenvalue weighted by molar-refractivity contribution is 5.72. The maximum atomic E-state index is 10.6. The van der Waals surface area contributed by atoms with Crippen molar-refractivity contribution in [1.82, 2.24) is 10.9 Å². The second kappa shape index (κ2) is 3.66. The van der Waals surface area contributed by atoms with Gasteiger partial charge in [-0.1, -0.05) is 6.42 Å². The van der Waals surface area contributed by atoms with E-state index in [0.29, 0.717) is 0 Å². The van der Waals surface area contributed by atoms with Gasteiger partial charge in [0.1, 0.15) is 0 Å². The summed E-state index contributed by atoms with van der Waals surface area (Å²) in [7, 11) is 0. The minimum Gasteiger partial charge on any atom is -0.292 e. The maximum absolute atomic E-state index is 10.6. The van der Waals surface area contributed by atoms with E-state index in [4.69, 9.17) is 0 Å². The Labute approximate surface area is 79.2 Å². The molecular formula is C10H18N2O. The molecule has 0 heterocycles. The number of hydrazine groups is 1. The van der Waals surface area contributed by atoms with Crippen LogP contribution in [0.5, 0.6) is 0 Å². The highest BCUT2D eigenvalue weighted by Crippen LogP contribution is 2.47. The molecule has 0 radical (unpaired) electrons. The van der Waals surface area contributed by atoms with E-state index in [9.17, 15) is 4.79 Å². The highest BCUT2D eigenvalue weighted by Gasteiger charge is 2.38. The third-order valence-corrected chi connectivity index (χ3v) is 3.51. The largest absolute Gasteiger partial charge is 0.292 e. The average molecular weight is 182 g/mol. The summed E-state index contributed by atoms with van der Waals surface area (Å²) in [5.41, 5.74) is 5.66. The van der Waals surface area contributed by atoms with Gasteiger partial charge in [0, 0.05) is 13.5 Å². The molecule has 3 atom stereocenters. The summed E-state index contributed by atoms with van der Waals surface area (Å²) < 4.78 is 0. The normalized spacial score (nSPS) is 36.5. The molecule has 0 aliphatic heterocycles. The van der Waals surface area contributed by atoms with E-state index in [1.54, 1.807) is 0 Å². The van der Waals surface area contributed by atoms with Crippen LogP contribution in [-0.4, -0.2) is 12.5 Å². The van der Waals surface area contributed by atoms with Gasteiger partial charge in [0.2, 0.25) is 5.91 Å². The number of hydrogen-bond donors (Lipinski definition) is 2. The smallest absolute Gasteiger partial charge is 0.230 e. The topological polar surface area (TPSA) is 41.1 Å². The lowest BCUT2D eigenvalue weighted by Gasteiger charge is -2.21. The SMILES string of the molecule is CC(=O)NNCC1CC2CCC1C2. The lowest BCUT2D eigenvalue weighted by atomic mass is 9.89. The third kappa shape index (κ3) is 2.02. The fourth-order valence-corrected chi connectivity index (χ4v) is 2.93. The van der Waals surface area contributed by atoms with Crippen molar-refractivity contribution in [2.45, 2.75) is 32.6 Å². The molecule has 3 nitrogen and oxygen atoms in total. The molecule has 3 heteroatoms. The summed E-state index contributed by atoms with van der Waals surface area (Å²) in [6.45, 7) is 2.49. The van der Waals surface area contributed by atoms with E-state index in [1.165, 1.54) is 32.6 Å². The van der Waals surface area contributed by atoms with Gasteiger partial charge in [0.25, 0.3) is 0 Å². The Morgan fingerprint density at radius 3 is 2.77 bits per heavy atom. The van der Waals surface area contributed by atoms with Crippen LogP contribution >= 0.6 is 0 Å². The predicted octanol–water partition coefficient (Wildman–Crippen LogP) is 1.06. The second-order valence-electron chi connectivity index (χ2n) is 4.50. The Morgan fingerprint density at radius 1 is 1.38 bits per heavy atom. The van der Waals surface area contributed by atoms with Crippen LogP contribution in [0, 0.1) is 17.8 Å². The van der Waals surface area contributed by atoms with Crippen molar-refractivity contribution in [3.8, 4) is 0 Å². The second-order valence-corrected chi connectivity index (χ2v) is 4.50. The molecule has 13 heavy (non-hydrogen) atoms. The lowest BCUT2D eigenvalue weighted by molar-refractivity contribution is -0.120. The molecule has 0 saturated heterocycles. The zero-order valence-electron chi connectivity index (χ0n) is 8.18. The molecule has 2 saturated carbocycles. The molecule has 2 bridgehead atoms. The molecule has 2 fully saturated rings. The van der Waals surface area contributed by atoms with Crippen molar-refractivity contribution in [1.29, 1.82) is 0 Å². The molecule has 0 aromatic rings. The molecule has 2 rings (SSSR count). The Hall–Kier alpha value is -0.570. The van der Waals surface area contributed by atoms with E-state index in [2.05, 4.69) is 10.9 Å². The first kappa shape index (κ1) is 9.00. The van der Waals surface area contributed by atoms with E-state index < -0.39 is 0 Å². The van der Waals surface area contributed by atoms with Crippen LogP contribution in [0.25, 0.3) is 0 Å². The van der Waals surface area contributed by atoms with Gasteiger partial charge in [-0.25, -0.2) is 5.43 Å². The Morgan fingerprint density at radius 2 is 2.23 bits per heavy atom. The number of rotatable bonds is 3. The van der Waals surface area contributed by atoms with Crippen molar-refractivity contribution >= 4 is 5.91 Å². The first-order chi connectivity index (χ1) is 6.25. The zero-order valence-corrected chi connectivity index (χ0v) is 8.18. The van der Waals surface area contributed by atoms with Crippen molar-refractivity contribution in [2.24, 2.45) is 17.8 Å². The molecular weight excluding hydrogens is 164 g/mol. The summed E-state index contributed by atoms with van der Waals surface area (Å²) >= 11 is 0. The number of carbonyl (C=O) groups is 1. The standard InChI is InChI=1S/C10H18N2O/c1-7(13)12-11-6-10-5-8-2-3-9(10)4-8/h8-11H,2-6H2,1H3,(H,12,13). The van der Waals surface area contributed by atoms with Gasteiger partial charge in [-0.3, -0.25) is 10.2 Å². The minimum absolute atomic E-state index is 0.00292. The molecule has 0 aromatic heterocycles. The van der Waals surface area contributed by atoms with Crippen LogP contribution in [-0.2, 0) is 4.79 Å². The van der Waals surface area contributed by atoms with Crippen LogP contribution in [0.15, 0.2) is 0 Å². The van der Waals surface area contributed by atoms with E-state index in [-0.39, 0.29) is 5.91 Å². The quantitative estimate of drug-likeness (QED) is 0.641. The van der Waals surface area contributed by atoms with Crippen LogP contribution in [0.1, 0.15) is 32.6 Å². The summed E-state index contributed by atoms with van der Waals surface area (Å²) in [6, 6.07) is 0. The number of hydrogen-bond acceptors (Lipinski definition) is 2. The fraction of sp³-hybridized carbons (Fsp3) is 0.900. The molecule has 0 aromatic carbocycles. The summed E-state index contributed by atoms with van der Waals surface area (Å²) in [5, 5.41) is 0. The Kier molecular flexibility index (Phi) is 2.54. The van der Waals surface area contributed by atoms with Crippen LogP contribution in [0.2, 0.25) is 0 Å². The van der Waals surface area contributed by atoms with Crippen molar-refractivity contribution in [3.63, 3.8) is 0 Å². The first-order valence-corrected chi connectivity index (χ1v) is 5.25. The monoisotopic (exact) mass is 182 g/mol. The average Bonchev–Trinajstić information content (AvgIpc) is 2.64. The number of amides is 1. The zero-order chi connectivity index (χ0) is 9.26. The summed E-state index contributed by atoms with van der Waals surface area (Å²) in [6.07, 6.45) is 5.67. The Balaban J connectivity index is 1.68. The van der Waals surface area contributed by atoms with Crippen molar-refractivity contribution in [3.05, 3.63) is 0 Å². The molecule has 3 unspecified atom stereocenters. The van der Waals surface area contributed by atoms with Gasteiger partial charge < -0.3 is 0 Å². The number of nitrogens with one attached hydrogen (secondary N) is 2. The first-order valence-electron chi connectivity index (χ1n) is 5.25. The van der Waals surface area contributed by atoms with Crippen molar-refractivity contribution < 1.29 is 4.79 Å². The predicted molar refractivity (Wildman–Crippen MR) is 50.8 cm³/mol. The summed E-state index contributed by atoms with van der Waals surface area (Å²) in [5.74, 6) is 2.74.